The maximum absolute atomic E-state index is 12.1. The Hall–Kier alpha value is -2.28. The molecule has 1 aromatic carbocycles. The third-order valence-corrected chi connectivity index (χ3v) is 3.11. The van der Waals surface area contributed by atoms with E-state index in [2.05, 4.69) is 0 Å². The largest absolute Gasteiger partial charge is 0.481 e. The standard InChI is InChI=1S/C14H17NO6/c1-9(14(17)18)6-15(13(16)7-19-2)10-3-4-11-12(5-10)21-8-20-11/h3-5,9H,6-8H2,1-2H3,(H,17,18). The molecule has 1 aliphatic rings. The van der Waals surface area contributed by atoms with Gasteiger partial charge in [-0.1, -0.05) is 6.92 Å². The number of ether oxygens (including phenoxy) is 3. The highest BCUT2D eigenvalue weighted by Gasteiger charge is 2.24. The van der Waals surface area contributed by atoms with Gasteiger partial charge >= 0.3 is 5.97 Å². The fraction of sp³-hybridized carbons (Fsp3) is 0.429. The lowest BCUT2D eigenvalue weighted by Gasteiger charge is -2.24. The van der Waals surface area contributed by atoms with Crippen molar-refractivity contribution in [2.75, 3.05) is 32.0 Å². The Morgan fingerprint density at radius 3 is 2.76 bits per heavy atom. The summed E-state index contributed by atoms with van der Waals surface area (Å²) in [4.78, 5) is 24.5. The van der Waals surface area contributed by atoms with E-state index >= 15 is 0 Å². The van der Waals surface area contributed by atoms with Crippen LogP contribution >= 0.6 is 0 Å². The smallest absolute Gasteiger partial charge is 0.308 e. The predicted octanol–water partition coefficient (Wildman–Crippen LogP) is 1.12. The van der Waals surface area contributed by atoms with E-state index in [9.17, 15) is 9.59 Å². The van der Waals surface area contributed by atoms with Crippen molar-refractivity contribution >= 4 is 17.6 Å². The fourth-order valence-electron chi connectivity index (χ4n) is 1.96. The van der Waals surface area contributed by atoms with E-state index < -0.39 is 11.9 Å². The van der Waals surface area contributed by atoms with E-state index in [-0.39, 0.29) is 25.9 Å². The van der Waals surface area contributed by atoms with Crippen LogP contribution in [0.15, 0.2) is 18.2 Å². The van der Waals surface area contributed by atoms with Gasteiger partial charge in [-0.05, 0) is 12.1 Å². The average molecular weight is 295 g/mol. The number of fused-ring (bicyclic) bond motifs is 1. The van der Waals surface area contributed by atoms with Crippen LogP contribution in [0.25, 0.3) is 0 Å². The van der Waals surface area contributed by atoms with Crippen LogP contribution in [0.4, 0.5) is 5.69 Å². The molecular formula is C14H17NO6. The first-order chi connectivity index (χ1) is 10.0. The molecule has 7 nitrogen and oxygen atoms in total. The molecule has 21 heavy (non-hydrogen) atoms. The molecule has 114 valence electrons. The number of benzene rings is 1. The third-order valence-electron chi connectivity index (χ3n) is 3.11. The van der Waals surface area contributed by atoms with Gasteiger partial charge in [0.2, 0.25) is 6.79 Å². The Labute approximate surface area is 122 Å². The molecule has 1 aromatic rings. The van der Waals surface area contributed by atoms with Gasteiger partial charge in [0.25, 0.3) is 5.91 Å². The van der Waals surface area contributed by atoms with Gasteiger partial charge in [0, 0.05) is 25.4 Å². The van der Waals surface area contributed by atoms with E-state index in [0.717, 1.165) is 0 Å². The van der Waals surface area contributed by atoms with Crippen LogP contribution < -0.4 is 14.4 Å². The molecule has 1 atom stereocenters. The van der Waals surface area contributed by atoms with Gasteiger partial charge in [-0.25, -0.2) is 0 Å². The molecule has 1 N–H and O–H groups in total. The molecule has 0 saturated heterocycles. The van der Waals surface area contributed by atoms with Crippen LogP contribution in [0.1, 0.15) is 6.92 Å². The second kappa shape index (κ2) is 6.45. The van der Waals surface area contributed by atoms with Crippen molar-refractivity contribution in [2.24, 2.45) is 5.92 Å². The molecule has 0 bridgehead atoms. The Morgan fingerprint density at radius 1 is 1.38 bits per heavy atom. The molecule has 7 heteroatoms. The number of anilines is 1. The number of carbonyl (C=O) groups is 2. The zero-order chi connectivity index (χ0) is 15.4. The molecule has 1 amide bonds. The fourth-order valence-corrected chi connectivity index (χ4v) is 1.96. The zero-order valence-electron chi connectivity index (χ0n) is 11.9. The average Bonchev–Trinajstić information content (AvgIpc) is 2.91. The number of carboxylic acids is 1. The summed E-state index contributed by atoms with van der Waals surface area (Å²) in [5, 5.41) is 9.03. The molecule has 2 rings (SSSR count). The number of carboxylic acid groups (broad SMARTS) is 1. The molecule has 1 unspecified atom stereocenters. The second-order valence-electron chi connectivity index (χ2n) is 4.71. The number of amides is 1. The summed E-state index contributed by atoms with van der Waals surface area (Å²) in [5.74, 6) is -0.846. The Bertz CT molecular complexity index is 544. The molecule has 1 heterocycles. The number of rotatable bonds is 6. The third kappa shape index (κ3) is 3.43. The molecule has 0 aliphatic carbocycles. The highest BCUT2D eigenvalue weighted by molar-refractivity contribution is 5.95. The number of aliphatic carboxylic acids is 1. The molecule has 1 aliphatic heterocycles. The molecule has 0 saturated carbocycles. The van der Waals surface area contributed by atoms with Gasteiger partial charge in [0.1, 0.15) is 6.61 Å². The summed E-state index contributed by atoms with van der Waals surface area (Å²) in [5.41, 5.74) is 0.550. The summed E-state index contributed by atoms with van der Waals surface area (Å²) in [6.45, 7) is 1.61. The minimum absolute atomic E-state index is 0.0527. The van der Waals surface area contributed by atoms with E-state index in [1.54, 1.807) is 25.1 Å². The SMILES string of the molecule is COCC(=O)N(CC(C)C(=O)O)c1ccc2c(c1)OCO2. The topological polar surface area (TPSA) is 85.3 Å². The van der Waals surface area contributed by atoms with Crippen LogP contribution in [-0.4, -0.2) is 44.0 Å². The Kier molecular flexibility index (Phi) is 4.64. The van der Waals surface area contributed by atoms with Gasteiger partial charge < -0.3 is 24.2 Å². The van der Waals surface area contributed by atoms with Crippen molar-refractivity contribution in [3.8, 4) is 11.5 Å². The van der Waals surface area contributed by atoms with Crippen LogP contribution in [0.3, 0.4) is 0 Å². The minimum atomic E-state index is -0.967. The summed E-state index contributed by atoms with van der Waals surface area (Å²) >= 11 is 0. The molecule has 0 radical (unpaired) electrons. The summed E-state index contributed by atoms with van der Waals surface area (Å²) in [7, 11) is 1.41. The summed E-state index contributed by atoms with van der Waals surface area (Å²) < 4.78 is 15.3. The lowest BCUT2D eigenvalue weighted by molar-refractivity contribution is -0.140. The Balaban J connectivity index is 2.25. The van der Waals surface area contributed by atoms with Crippen molar-refractivity contribution in [1.82, 2.24) is 0 Å². The number of methoxy groups -OCH3 is 1. The zero-order valence-corrected chi connectivity index (χ0v) is 11.9. The number of hydrogen-bond donors (Lipinski definition) is 1. The van der Waals surface area contributed by atoms with Gasteiger partial charge in [0.05, 0.1) is 5.92 Å². The molecule has 0 fully saturated rings. The van der Waals surface area contributed by atoms with Crippen molar-refractivity contribution in [1.29, 1.82) is 0 Å². The van der Waals surface area contributed by atoms with Crippen molar-refractivity contribution < 1.29 is 28.9 Å². The van der Waals surface area contributed by atoms with Crippen LogP contribution in [0.5, 0.6) is 11.5 Å². The first-order valence-corrected chi connectivity index (χ1v) is 6.44. The van der Waals surface area contributed by atoms with Gasteiger partial charge in [0.15, 0.2) is 11.5 Å². The Morgan fingerprint density at radius 2 is 2.10 bits per heavy atom. The van der Waals surface area contributed by atoms with Crippen molar-refractivity contribution in [3.05, 3.63) is 18.2 Å². The normalized spacial score (nSPS) is 13.8. The van der Waals surface area contributed by atoms with E-state index in [0.29, 0.717) is 17.2 Å². The summed E-state index contributed by atoms with van der Waals surface area (Å²) in [6.07, 6.45) is 0. The highest BCUT2D eigenvalue weighted by Crippen LogP contribution is 2.35. The van der Waals surface area contributed by atoms with Crippen molar-refractivity contribution in [3.63, 3.8) is 0 Å². The first kappa shape index (κ1) is 15.1. The maximum atomic E-state index is 12.1. The lowest BCUT2D eigenvalue weighted by Crippen LogP contribution is -2.39. The minimum Gasteiger partial charge on any atom is -0.481 e. The van der Waals surface area contributed by atoms with Crippen molar-refractivity contribution in [2.45, 2.75) is 6.92 Å². The monoisotopic (exact) mass is 295 g/mol. The molecule has 0 spiro atoms. The summed E-state index contributed by atoms with van der Waals surface area (Å²) in [6, 6.07) is 5.04. The maximum Gasteiger partial charge on any atom is 0.308 e. The molecular weight excluding hydrogens is 278 g/mol. The van der Waals surface area contributed by atoms with E-state index in [1.165, 1.54) is 12.0 Å². The first-order valence-electron chi connectivity index (χ1n) is 6.44. The van der Waals surface area contributed by atoms with Crippen LogP contribution in [0.2, 0.25) is 0 Å². The van der Waals surface area contributed by atoms with Gasteiger partial charge in [-0.3, -0.25) is 9.59 Å². The van der Waals surface area contributed by atoms with E-state index in [1.807, 2.05) is 0 Å². The molecule has 0 aromatic heterocycles. The van der Waals surface area contributed by atoms with Gasteiger partial charge in [-0.2, -0.15) is 0 Å². The second-order valence-corrected chi connectivity index (χ2v) is 4.71. The lowest BCUT2D eigenvalue weighted by atomic mass is 10.1. The number of nitrogens with zero attached hydrogens (tertiary/aromatic N) is 1. The van der Waals surface area contributed by atoms with Crippen LogP contribution in [0, 0.1) is 5.92 Å². The quantitative estimate of drug-likeness (QED) is 0.846. The van der Waals surface area contributed by atoms with E-state index in [4.69, 9.17) is 19.3 Å². The van der Waals surface area contributed by atoms with Gasteiger partial charge in [-0.15, -0.1) is 0 Å². The number of carbonyl (C=O) groups excluding carboxylic acids is 1. The highest BCUT2D eigenvalue weighted by atomic mass is 16.7. The predicted molar refractivity (Wildman–Crippen MR) is 73.6 cm³/mol. The van der Waals surface area contributed by atoms with Crippen LogP contribution in [-0.2, 0) is 14.3 Å². The number of hydrogen-bond acceptors (Lipinski definition) is 5.